The molecule has 0 amide bonds. The van der Waals surface area contributed by atoms with Gasteiger partial charge in [-0.3, -0.25) is 10.7 Å². The third kappa shape index (κ3) is 4.34. The Bertz CT molecular complexity index is 23.6. The van der Waals surface area contributed by atoms with Crippen LogP contribution in [0.15, 0.2) is 0 Å². The lowest BCUT2D eigenvalue weighted by molar-refractivity contribution is 0.894. The Morgan fingerprint density at radius 1 is 1.60 bits per heavy atom. The lowest BCUT2D eigenvalue weighted by atomic mass is 10.6. The number of hydrogen-bond donors (Lipinski definition) is 1. The molecular formula is C2H8BFS. The van der Waals surface area contributed by atoms with Crippen molar-refractivity contribution in [2.24, 2.45) is 0 Å². The molecule has 0 bridgehead atoms. The molecule has 0 rings (SSSR count). The quantitative estimate of drug-likeness (QED) is 0.354. The highest BCUT2D eigenvalue weighted by Gasteiger charge is 1.83. The van der Waals surface area contributed by atoms with Crippen LogP contribution in [0.5, 0.6) is 0 Å². The Morgan fingerprint density at radius 3 is 1.80 bits per heavy atom. The largest absolute Gasteiger partial charge is 0.377 e. The predicted molar refractivity (Wildman–Crippen MR) is 29.1 cm³/mol. The summed E-state index contributed by atoms with van der Waals surface area (Å²) in [6, 6.07) is 0. The van der Waals surface area contributed by atoms with Crippen molar-refractivity contribution in [2.75, 3.05) is 12.5 Å². The molecule has 0 nitrogen and oxygen atoms in total. The third-order valence-electron chi connectivity index (χ3n) is 0.239. The van der Waals surface area contributed by atoms with Crippen LogP contribution in [0.4, 0.5) is 4.32 Å². The molecule has 0 unspecified atom stereocenters. The maximum absolute atomic E-state index is 11.1. The Morgan fingerprint density at radius 2 is 1.80 bits per heavy atom. The maximum Gasteiger partial charge on any atom is 0.377 e. The summed E-state index contributed by atoms with van der Waals surface area (Å²) in [5.41, 5.74) is 0. The van der Waals surface area contributed by atoms with Gasteiger partial charge in [0.2, 0.25) is 0 Å². The highest BCUT2D eigenvalue weighted by atomic mass is 32.2. The molecule has 0 aromatic heterocycles. The molecular weight excluding hydrogens is 85.9 g/mol. The van der Waals surface area contributed by atoms with Crippen molar-refractivity contribution >= 4 is 17.6 Å². The van der Waals surface area contributed by atoms with Crippen molar-refractivity contribution in [1.29, 1.82) is 0 Å². The summed E-state index contributed by atoms with van der Waals surface area (Å²) in [5, 5.41) is 0. The molecule has 0 aliphatic carbocycles. The Labute approximate surface area is 35.3 Å². The maximum atomic E-state index is 11.1. The van der Waals surface area contributed by atoms with Crippen LogP contribution in [-0.4, -0.2) is 19.3 Å². The lowest BCUT2D eigenvalue weighted by Gasteiger charge is -1.92. The number of rotatable bonds is 1. The van der Waals surface area contributed by atoms with E-state index in [-0.39, 0.29) is 17.6 Å². The Kier molecular flexibility index (Phi) is 2.75. The average molecular weight is 94.0 g/mol. The van der Waals surface area contributed by atoms with Crippen LogP contribution < -0.4 is 0 Å². The fourth-order valence-corrected chi connectivity index (χ4v) is 0. The highest BCUT2D eigenvalue weighted by Crippen LogP contribution is 2.07. The van der Waals surface area contributed by atoms with Gasteiger partial charge in [0, 0.05) is 0 Å². The zero-order valence-corrected chi connectivity index (χ0v) is 4.43. The van der Waals surface area contributed by atoms with Gasteiger partial charge in [0.05, 0.1) is 0 Å². The number of hydrogen-bond acceptors (Lipinski definition) is 0. The second-order valence-electron chi connectivity index (χ2n) is 1.20. The Balaban J connectivity index is 2.54. The molecule has 0 spiro atoms. The summed E-state index contributed by atoms with van der Waals surface area (Å²) in [6.07, 6.45) is 3.82. The van der Waals surface area contributed by atoms with Gasteiger partial charge in [0.1, 0.15) is 0 Å². The summed E-state index contributed by atoms with van der Waals surface area (Å²) in [7, 11) is -0.265. The van der Waals surface area contributed by atoms with Crippen LogP contribution in [0.25, 0.3) is 0 Å². The van der Waals surface area contributed by atoms with Crippen LogP contribution in [0.2, 0.25) is 0 Å². The summed E-state index contributed by atoms with van der Waals surface area (Å²) in [4.78, 5) is 0. The van der Waals surface area contributed by atoms with Crippen LogP contribution >= 0.6 is 10.7 Å². The first kappa shape index (κ1) is 5.34. The minimum atomic E-state index is -0.265. The van der Waals surface area contributed by atoms with Crippen molar-refractivity contribution in [3.63, 3.8) is 0 Å². The average Bonchev–Trinajstić information content (AvgIpc) is 1.38. The van der Waals surface area contributed by atoms with Gasteiger partial charge in [0.15, 0.2) is 0 Å². The first-order chi connectivity index (χ1) is 2.27. The molecule has 0 fully saturated rings. The van der Waals surface area contributed by atoms with E-state index in [4.69, 9.17) is 0 Å². The molecule has 32 valence electrons. The van der Waals surface area contributed by atoms with E-state index in [0.29, 0.717) is 0 Å². The van der Waals surface area contributed by atoms with E-state index in [1.165, 1.54) is 0 Å². The van der Waals surface area contributed by atoms with E-state index in [1.807, 2.05) is 12.5 Å². The van der Waals surface area contributed by atoms with Gasteiger partial charge < -0.3 is 4.32 Å². The van der Waals surface area contributed by atoms with Crippen molar-refractivity contribution in [3.8, 4) is 0 Å². The topological polar surface area (TPSA) is 0 Å². The van der Waals surface area contributed by atoms with Gasteiger partial charge in [-0.25, -0.2) is 0 Å². The molecule has 0 saturated carbocycles. The van der Waals surface area contributed by atoms with E-state index in [1.54, 1.807) is 0 Å². The van der Waals surface area contributed by atoms with Crippen molar-refractivity contribution in [1.82, 2.24) is 0 Å². The van der Waals surface area contributed by atoms with Crippen LogP contribution in [-0.2, 0) is 0 Å². The zero-order chi connectivity index (χ0) is 4.28. The van der Waals surface area contributed by atoms with Gasteiger partial charge in [-0.2, -0.15) is 0 Å². The first-order valence-corrected chi connectivity index (χ1v) is 3.90. The molecule has 0 saturated heterocycles. The zero-order valence-electron chi connectivity index (χ0n) is 3.53. The molecule has 3 heteroatoms. The van der Waals surface area contributed by atoms with Gasteiger partial charge in [-0.05, 0) is 12.5 Å². The first-order valence-electron chi connectivity index (χ1n) is 1.48. The molecule has 0 N–H and O–H groups in total. The number of thiol groups is 1. The second kappa shape index (κ2) is 2.58. The molecule has 0 aromatic rings. The standard InChI is InChI=1S/C2H8BFS/c1-5(2)3-4/h3,5H,1-2H3. The van der Waals surface area contributed by atoms with Crippen LogP contribution in [0, 0.1) is 0 Å². The van der Waals surface area contributed by atoms with E-state index in [0.717, 1.165) is 0 Å². The van der Waals surface area contributed by atoms with Crippen molar-refractivity contribution in [3.05, 3.63) is 0 Å². The minimum Gasteiger partial charge on any atom is -0.327 e. The van der Waals surface area contributed by atoms with E-state index in [2.05, 4.69) is 0 Å². The third-order valence-corrected chi connectivity index (χ3v) is 0.717. The van der Waals surface area contributed by atoms with Crippen molar-refractivity contribution < 1.29 is 4.32 Å². The van der Waals surface area contributed by atoms with Gasteiger partial charge in [-0.1, -0.05) is 0 Å². The van der Waals surface area contributed by atoms with Crippen LogP contribution in [0.1, 0.15) is 0 Å². The van der Waals surface area contributed by atoms with E-state index >= 15 is 0 Å². The molecule has 0 heterocycles. The summed E-state index contributed by atoms with van der Waals surface area (Å²) in [6.45, 7) is -0.130. The summed E-state index contributed by atoms with van der Waals surface area (Å²) < 4.78 is 11.1. The van der Waals surface area contributed by atoms with Gasteiger partial charge in [0.25, 0.3) is 0 Å². The molecule has 0 radical (unpaired) electrons. The molecule has 0 aliphatic heterocycles. The predicted octanol–water partition coefficient (Wildman–Crippen LogP) is 0.483. The SMILES string of the molecule is C[SH](C)BF. The smallest absolute Gasteiger partial charge is 0.327 e. The molecule has 0 aromatic carbocycles. The monoisotopic (exact) mass is 94.0 g/mol. The second-order valence-corrected chi connectivity index (χ2v) is 3.60. The normalized spacial score (nSPS) is 10.6. The molecule has 5 heavy (non-hydrogen) atoms. The number of halogens is 1. The van der Waals surface area contributed by atoms with Gasteiger partial charge in [-0.15, -0.1) is 0 Å². The summed E-state index contributed by atoms with van der Waals surface area (Å²) >= 11 is 0. The summed E-state index contributed by atoms with van der Waals surface area (Å²) in [5.74, 6) is 0. The fraction of sp³-hybridized carbons (Fsp3) is 1.00. The molecule has 0 aliphatic rings. The van der Waals surface area contributed by atoms with E-state index in [9.17, 15) is 4.32 Å². The Hall–Kier alpha value is 0.345. The van der Waals surface area contributed by atoms with Crippen molar-refractivity contribution in [2.45, 2.75) is 0 Å². The molecule has 0 atom stereocenters. The van der Waals surface area contributed by atoms with Gasteiger partial charge >= 0.3 is 6.84 Å². The lowest BCUT2D eigenvalue weighted by Crippen LogP contribution is -1.75. The van der Waals surface area contributed by atoms with Crippen LogP contribution in [0.3, 0.4) is 0 Å². The minimum absolute atomic E-state index is 0.130. The highest BCUT2D eigenvalue weighted by molar-refractivity contribution is 8.35. The fourth-order valence-electron chi connectivity index (χ4n) is 0. The van der Waals surface area contributed by atoms with E-state index < -0.39 is 0 Å².